The van der Waals surface area contributed by atoms with Crippen molar-refractivity contribution in [1.29, 1.82) is 0 Å². The van der Waals surface area contributed by atoms with Crippen LogP contribution in [0.3, 0.4) is 0 Å². The zero-order chi connectivity index (χ0) is 11.5. The molecule has 0 saturated heterocycles. The molecule has 0 radical (unpaired) electrons. The second-order valence-electron chi connectivity index (χ2n) is 3.04. The van der Waals surface area contributed by atoms with Crippen molar-refractivity contribution in [3.05, 3.63) is 31.2 Å². The molecule has 0 N–H and O–H groups in total. The van der Waals surface area contributed by atoms with E-state index in [4.69, 9.17) is 16.3 Å². The third kappa shape index (κ3) is 2.53. The Balaban J connectivity index is 2.48. The van der Waals surface area contributed by atoms with Gasteiger partial charge < -0.3 is 4.74 Å². The Kier molecular flexibility index (Phi) is 4.12. The summed E-state index contributed by atoms with van der Waals surface area (Å²) in [6, 6.07) is 1.97. The monoisotopic (exact) mass is 366 g/mol. The molecule has 2 rings (SSSR count). The standard InChI is InChI=1S/C10H8ClIN2OS/c1-15-4-7-8(12)9(11)14-10(13-7)6-2-3-16-5-6/h2-3,5H,4H2,1H3. The highest BCUT2D eigenvalue weighted by Crippen LogP contribution is 2.25. The first-order chi connectivity index (χ1) is 7.72. The van der Waals surface area contributed by atoms with Gasteiger partial charge in [0.2, 0.25) is 0 Å². The summed E-state index contributed by atoms with van der Waals surface area (Å²) in [6.45, 7) is 0.442. The fourth-order valence-corrected chi connectivity index (χ4v) is 2.44. The van der Waals surface area contributed by atoms with Gasteiger partial charge in [0.15, 0.2) is 5.82 Å². The van der Waals surface area contributed by atoms with Crippen LogP contribution in [0.1, 0.15) is 5.69 Å². The van der Waals surface area contributed by atoms with Gasteiger partial charge in [-0.05, 0) is 34.0 Å². The number of hydrogen-bond acceptors (Lipinski definition) is 4. The Labute approximate surface area is 116 Å². The van der Waals surface area contributed by atoms with Crippen molar-refractivity contribution >= 4 is 45.5 Å². The lowest BCUT2D eigenvalue weighted by Crippen LogP contribution is -2.01. The zero-order valence-electron chi connectivity index (χ0n) is 8.41. The largest absolute Gasteiger partial charge is 0.378 e. The molecule has 16 heavy (non-hydrogen) atoms. The Morgan fingerprint density at radius 2 is 2.31 bits per heavy atom. The molecule has 2 aromatic rings. The molecule has 0 bridgehead atoms. The summed E-state index contributed by atoms with van der Waals surface area (Å²) >= 11 is 9.80. The molecule has 3 nitrogen and oxygen atoms in total. The molecule has 2 heterocycles. The third-order valence-electron chi connectivity index (χ3n) is 1.94. The van der Waals surface area contributed by atoms with E-state index in [9.17, 15) is 0 Å². The van der Waals surface area contributed by atoms with Crippen LogP contribution in [0.25, 0.3) is 11.4 Å². The SMILES string of the molecule is COCc1nc(-c2ccsc2)nc(Cl)c1I. The molecule has 0 aromatic carbocycles. The van der Waals surface area contributed by atoms with Crippen LogP contribution >= 0.6 is 45.5 Å². The molecule has 0 unspecified atom stereocenters. The Morgan fingerprint density at radius 1 is 1.50 bits per heavy atom. The molecule has 0 aliphatic carbocycles. The van der Waals surface area contributed by atoms with Gasteiger partial charge in [0.05, 0.1) is 15.9 Å². The van der Waals surface area contributed by atoms with Gasteiger partial charge in [0.1, 0.15) is 5.15 Å². The van der Waals surface area contributed by atoms with Crippen LogP contribution in [0.2, 0.25) is 5.15 Å². The normalized spacial score (nSPS) is 10.7. The number of thiophene rings is 1. The van der Waals surface area contributed by atoms with Crippen molar-refractivity contribution < 1.29 is 4.74 Å². The van der Waals surface area contributed by atoms with Crippen LogP contribution in [0.5, 0.6) is 0 Å². The molecule has 0 atom stereocenters. The molecule has 0 aliphatic rings. The Bertz CT molecular complexity index is 490. The van der Waals surface area contributed by atoms with E-state index in [1.165, 1.54) is 0 Å². The fourth-order valence-electron chi connectivity index (χ4n) is 1.22. The number of aromatic nitrogens is 2. The number of rotatable bonds is 3. The number of ether oxygens (including phenoxy) is 1. The first kappa shape index (κ1) is 12.2. The number of methoxy groups -OCH3 is 1. The van der Waals surface area contributed by atoms with Gasteiger partial charge in [-0.1, -0.05) is 11.6 Å². The summed E-state index contributed by atoms with van der Waals surface area (Å²) in [5, 5.41) is 4.46. The van der Waals surface area contributed by atoms with Gasteiger partial charge in [-0.3, -0.25) is 0 Å². The molecule has 0 spiro atoms. The topological polar surface area (TPSA) is 35.0 Å². The first-order valence-corrected chi connectivity index (χ1v) is 6.85. The lowest BCUT2D eigenvalue weighted by molar-refractivity contribution is 0.181. The molecule has 0 aliphatic heterocycles. The highest BCUT2D eigenvalue weighted by Gasteiger charge is 2.11. The van der Waals surface area contributed by atoms with Gasteiger partial charge in [0, 0.05) is 18.1 Å². The van der Waals surface area contributed by atoms with Gasteiger partial charge in [-0.15, -0.1) is 0 Å². The summed E-state index contributed by atoms with van der Waals surface area (Å²) in [4.78, 5) is 8.70. The summed E-state index contributed by atoms with van der Waals surface area (Å²) in [5.74, 6) is 0.652. The van der Waals surface area contributed by atoms with Crippen molar-refractivity contribution in [3.8, 4) is 11.4 Å². The van der Waals surface area contributed by atoms with E-state index in [-0.39, 0.29) is 0 Å². The molecule has 0 fully saturated rings. The van der Waals surface area contributed by atoms with Gasteiger partial charge >= 0.3 is 0 Å². The second-order valence-corrected chi connectivity index (χ2v) is 5.26. The third-order valence-corrected chi connectivity index (χ3v) is 4.35. The number of halogens is 2. The lowest BCUT2D eigenvalue weighted by atomic mass is 10.3. The van der Waals surface area contributed by atoms with Crippen LogP contribution in [0.15, 0.2) is 16.8 Å². The molecule has 0 saturated carbocycles. The Hall–Kier alpha value is -0.240. The quantitative estimate of drug-likeness (QED) is 0.615. The minimum absolute atomic E-state index is 0.442. The van der Waals surface area contributed by atoms with Crippen molar-refractivity contribution in [2.45, 2.75) is 6.61 Å². The van der Waals surface area contributed by atoms with Crippen molar-refractivity contribution in [1.82, 2.24) is 9.97 Å². The summed E-state index contributed by atoms with van der Waals surface area (Å²) < 4.78 is 5.93. The van der Waals surface area contributed by atoms with Crippen LogP contribution < -0.4 is 0 Å². The van der Waals surface area contributed by atoms with E-state index in [0.717, 1.165) is 14.8 Å². The van der Waals surface area contributed by atoms with E-state index in [1.807, 2.05) is 16.8 Å². The molecule has 84 valence electrons. The van der Waals surface area contributed by atoms with E-state index >= 15 is 0 Å². The van der Waals surface area contributed by atoms with Crippen LogP contribution in [0, 0.1) is 3.57 Å². The van der Waals surface area contributed by atoms with E-state index in [0.29, 0.717) is 17.6 Å². The maximum atomic E-state index is 6.06. The molecular weight excluding hydrogens is 359 g/mol. The maximum Gasteiger partial charge on any atom is 0.162 e. The summed E-state index contributed by atoms with van der Waals surface area (Å²) in [7, 11) is 1.64. The summed E-state index contributed by atoms with van der Waals surface area (Å²) in [5.41, 5.74) is 1.81. The second kappa shape index (κ2) is 5.39. The van der Waals surface area contributed by atoms with Gasteiger partial charge in [0.25, 0.3) is 0 Å². The number of nitrogens with zero attached hydrogens (tertiary/aromatic N) is 2. The maximum absolute atomic E-state index is 6.06. The van der Waals surface area contributed by atoms with Crippen LogP contribution in [0.4, 0.5) is 0 Å². The zero-order valence-corrected chi connectivity index (χ0v) is 12.1. The van der Waals surface area contributed by atoms with Gasteiger partial charge in [-0.2, -0.15) is 11.3 Å². The summed E-state index contributed by atoms with van der Waals surface area (Å²) in [6.07, 6.45) is 0. The predicted octanol–water partition coefficient (Wildman–Crippen LogP) is 3.61. The minimum Gasteiger partial charge on any atom is -0.378 e. The Morgan fingerprint density at radius 3 is 2.94 bits per heavy atom. The predicted molar refractivity (Wildman–Crippen MR) is 73.8 cm³/mol. The van der Waals surface area contributed by atoms with Crippen LogP contribution in [-0.2, 0) is 11.3 Å². The van der Waals surface area contributed by atoms with E-state index in [1.54, 1.807) is 18.4 Å². The van der Waals surface area contributed by atoms with Crippen molar-refractivity contribution in [2.24, 2.45) is 0 Å². The van der Waals surface area contributed by atoms with E-state index < -0.39 is 0 Å². The number of hydrogen-bond donors (Lipinski definition) is 0. The molecule has 2 aromatic heterocycles. The minimum atomic E-state index is 0.442. The van der Waals surface area contributed by atoms with Crippen molar-refractivity contribution in [3.63, 3.8) is 0 Å². The molecule has 6 heteroatoms. The molecular formula is C10H8ClIN2OS. The fraction of sp³-hybridized carbons (Fsp3) is 0.200. The molecule has 0 amide bonds. The highest BCUT2D eigenvalue weighted by atomic mass is 127. The van der Waals surface area contributed by atoms with E-state index in [2.05, 4.69) is 32.6 Å². The lowest BCUT2D eigenvalue weighted by Gasteiger charge is -2.06. The smallest absolute Gasteiger partial charge is 0.162 e. The first-order valence-electron chi connectivity index (χ1n) is 4.45. The average molecular weight is 367 g/mol. The van der Waals surface area contributed by atoms with Gasteiger partial charge in [-0.25, -0.2) is 9.97 Å². The highest BCUT2D eigenvalue weighted by molar-refractivity contribution is 14.1. The van der Waals surface area contributed by atoms with Crippen LogP contribution in [-0.4, -0.2) is 17.1 Å². The average Bonchev–Trinajstić information content (AvgIpc) is 2.78. The van der Waals surface area contributed by atoms with Crippen molar-refractivity contribution in [2.75, 3.05) is 7.11 Å².